The molecular formula is C13H17F3N4O2. The second-order valence-electron chi connectivity index (χ2n) is 4.29. The Labute approximate surface area is 125 Å². The summed E-state index contributed by atoms with van der Waals surface area (Å²) in [5.41, 5.74) is 6.54. The Hall–Kier alpha value is -2.29. The van der Waals surface area contributed by atoms with Crippen LogP contribution in [0.15, 0.2) is 24.3 Å². The highest BCUT2D eigenvalue weighted by Gasteiger charge is 2.27. The van der Waals surface area contributed by atoms with Gasteiger partial charge in [-0.3, -0.25) is 10.7 Å². The minimum Gasteiger partial charge on any atom is -0.449 e. The first-order valence-corrected chi connectivity index (χ1v) is 6.45. The smallest absolute Gasteiger partial charge is 0.412 e. The van der Waals surface area contributed by atoms with Gasteiger partial charge in [0, 0.05) is 24.3 Å². The van der Waals surface area contributed by atoms with E-state index >= 15 is 0 Å². The van der Waals surface area contributed by atoms with E-state index in [4.69, 9.17) is 11.1 Å². The molecule has 5 N–H and O–H groups in total. The summed E-state index contributed by atoms with van der Waals surface area (Å²) in [6.07, 6.45) is -6.71. The number of ether oxygens (including phenoxy) is 1. The van der Waals surface area contributed by atoms with Gasteiger partial charge in [-0.15, -0.1) is 0 Å². The largest absolute Gasteiger partial charge is 0.449 e. The van der Waals surface area contributed by atoms with Gasteiger partial charge >= 0.3 is 12.3 Å². The highest BCUT2D eigenvalue weighted by molar-refractivity contribution is 6.04. The van der Waals surface area contributed by atoms with Crippen molar-refractivity contribution in [1.82, 2.24) is 5.32 Å². The third kappa shape index (κ3) is 6.93. The minimum atomic E-state index is -4.39. The average Bonchev–Trinajstić information content (AvgIpc) is 2.44. The number of alkyl halides is 3. The molecule has 0 spiro atoms. The zero-order valence-corrected chi connectivity index (χ0v) is 11.7. The quantitative estimate of drug-likeness (QED) is 0.476. The molecule has 0 radical (unpaired) electrons. The molecule has 6 nitrogen and oxygen atoms in total. The van der Waals surface area contributed by atoms with Gasteiger partial charge in [0.2, 0.25) is 0 Å². The average molecular weight is 318 g/mol. The Morgan fingerprint density at radius 2 is 1.91 bits per heavy atom. The Kier molecular flexibility index (Phi) is 6.64. The normalized spacial score (nSPS) is 10.9. The molecule has 0 heterocycles. The van der Waals surface area contributed by atoms with E-state index < -0.39 is 25.3 Å². The molecule has 0 aliphatic heterocycles. The lowest BCUT2D eigenvalue weighted by Gasteiger charge is -2.10. The zero-order chi connectivity index (χ0) is 16.6. The molecule has 0 aliphatic rings. The first-order chi connectivity index (χ1) is 10.3. The fraction of sp³-hybridized carbons (Fsp3) is 0.385. The van der Waals surface area contributed by atoms with Crippen LogP contribution in [0.3, 0.4) is 0 Å². The van der Waals surface area contributed by atoms with E-state index in [1.807, 2.05) is 0 Å². The van der Waals surface area contributed by atoms with Crippen LogP contribution in [0, 0.1) is 5.41 Å². The van der Waals surface area contributed by atoms with Crippen LogP contribution in [0.2, 0.25) is 0 Å². The standard InChI is InChI=1S/C13H17F3N4O2/c14-13(15,16)5-8-22-12(21)20-11(18)9-1-3-10(4-2-9)19-7-6-17/h1-4,19H,5-8,17H2,(H2,18,20,21). The Morgan fingerprint density at radius 3 is 2.45 bits per heavy atom. The number of hydrogen-bond acceptors (Lipinski definition) is 5. The molecule has 0 saturated carbocycles. The van der Waals surface area contributed by atoms with Crippen LogP contribution in [0.1, 0.15) is 12.0 Å². The van der Waals surface area contributed by atoms with Gasteiger partial charge in [-0.25, -0.2) is 4.79 Å². The van der Waals surface area contributed by atoms with E-state index in [0.717, 1.165) is 5.69 Å². The summed E-state index contributed by atoms with van der Waals surface area (Å²) in [5, 5.41) is 12.7. The minimum absolute atomic E-state index is 0.262. The third-order valence-electron chi connectivity index (χ3n) is 2.49. The van der Waals surface area contributed by atoms with Crippen molar-refractivity contribution in [3.05, 3.63) is 29.8 Å². The molecule has 122 valence electrons. The number of alkyl carbamates (subject to hydrolysis) is 1. The van der Waals surface area contributed by atoms with Crippen LogP contribution in [-0.4, -0.2) is 37.8 Å². The fourth-order valence-electron chi connectivity index (χ4n) is 1.44. The number of halogens is 3. The van der Waals surface area contributed by atoms with Crippen LogP contribution < -0.4 is 16.4 Å². The summed E-state index contributed by atoms with van der Waals surface area (Å²) in [7, 11) is 0. The molecule has 0 atom stereocenters. The number of carbonyl (C=O) groups excluding carboxylic acids is 1. The van der Waals surface area contributed by atoms with Crippen molar-refractivity contribution >= 4 is 17.6 Å². The van der Waals surface area contributed by atoms with E-state index in [1.165, 1.54) is 0 Å². The van der Waals surface area contributed by atoms with Crippen molar-refractivity contribution in [3.8, 4) is 0 Å². The molecule has 0 bridgehead atoms. The number of nitrogens with one attached hydrogen (secondary N) is 3. The van der Waals surface area contributed by atoms with Gasteiger partial charge in [-0.05, 0) is 24.3 Å². The number of amides is 1. The van der Waals surface area contributed by atoms with Crippen LogP contribution in [0.25, 0.3) is 0 Å². The SMILES string of the molecule is N=C(NC(=O)OCCC(F)(F)F)c1ccc(NCCN)cc1. The predicted molar refractivity (Wildman–Crippen MR) is 76.0 cm³/mol. The first kappa shape index (κ1) is 17.8. The van der Waals surface area contributed by atoms with Crippen molar-refractivity contribution in [1.29, 1.82) is 5.41 Å². The Bertz CT molecular complexity index is 503. The molecule has 1 amide bonds. The van der Waals surface area contributed by atoms with Crippen molar-refractivity contribution in [3.63, 3.8) is 0 Å². The summed E-state index contributed by atoms with van der Waals surface area (Å²) in [4.78, 5) is 11.3. The highest BCUT2D eigenvalue weighted by Crippen LogP contribution is 2.18. The van der Waals surface area contributed by atoms with E-state index in [9.17, 15) is 18.0 Å². The molecule has 1 rings (SSSR count). The highest BCUT2D eigenvalue weighted by atomic mass is 19.4. The van der Waals surface area contributed by atoms with E-state index in [1.54, 1.807) is 24.3 Å². The van der Waals surface area contributed by atoms with Crippen molar-refractivity contribution < 1.29 is 22.7 Å². The summed E-state index contributed by atoms with van der Waals surface area (Å²) < 4.78 is 40.0. The monoisotopic (exact) mass is 318 g/mol. The van der Waals surface area contributed by atoms with Crippen LogP contribution >= 0.6 is 0 Å². The van der Waals surface area contributed by atoms with Crippen LogP contribution in [0.5, 0.6) is 0 Å². The maximum atomic E-state index is 11.9. The van der Waals surface area contributed by atoms with Crippen LogP contribution in [0.4, 0.5) is 23.7 Å². The van der Waals surface area contributed by atoms with Gasteiger partial charge in [-0.1, -0.05) is 0 Å². The summed E-state index contributed by atoms with van der Waals surface area (Å²) in [6, 6.07) is 6.54. The number of anilines is 1. The Morgan fingerprint density at radius 1 is 1.27 bits per heavy atom. The second-order valence-corrected chi connectivity index (χ2v) is 4.29. The van der Waals surface area contributed by atoms with E-state index in [0.29, 0.717) is 18.7 Å². The topological polar surface area (TPSA) is 100 Å². The van der Waals surface area contributed by atoms with E-state index in [2.05, 4.69) is 15.4 Å². The molecule has 0 saturated heterocycles. The molecule has 0 unspecified atom stereocenters. The van der Waals surface area contributed by atoms with Crippen molar-refractivity contribution in [2.45, 2.75) is 12.6 Å². The predicted octanol–water partition coefficient (Wildman–Crippen LogP) is 2.06. The number of benzene rings is 1. The molecule has 22 heavy (non-hydrogen) atoms. The Balaban J connectivity index is 2.42. The molecule has 9 heteroatoms. The molecule has 0 fully saturated rings. The summed E-state index contributed by atoms with van der Waals surface area (Å²) >= 11 is 0. The lowest BCUT2D eigenvalue weighted by Crippen LogP contribution is -2.31. The van der Waals surface area contributed by atoms with Gasteiger partial charge in [0.1, 0.15) is 12.4 Å². The molecule has 0 aliphatic carbocycles. The van der Waals surface area contributed by atoms with Crippen molar-refractivity contribution in [2.24, 2.45) is 5.73 Å². The molecular weight excluding hydrogens is 301 g/mol. The van der Waals surface area contributed by atoms with Gasteiger partial charge in [0.15, 0.2) is 0 Å². The van der Waals surface area contributed by atoms with Crippen molar-refractivity contribution in [2.75, 3.05) is 25.0 Å². The lowest BCUT2D eigenvalue weighted by molar-refractivity contribution is -0.141. The number of hydrogen-bond donors (Lipinski definition) is 4. The molecule has 1 aromatic carbocycles. The van der Waals surface area contributed by atoms with Gasteiger partial charge in [0.25, 0.3) is 0 Å². The number of amidine groups is 1. The third-order valence-corrected chi connectivity index (χ3v) is 2.49. The van der Waals surface area contributed by atoms with Crippen LogP contribution in [-0.2, 0) is 4.74 Å². The number of nitrogens with two attached hydrogens (primary N) is 1. The zero-order valence-electron chi connectivity index (χ0n) is 11.7. The van der Waals surface area contributed by atoms with Gasteiger partial charge < -0.3 is 15.8 Å². The van der Waals surface area contributed by atoms with Gasteiger partial charge in [-0.2, -0.15) is 13.2 Å². The fourth-order valence-corrected chi connectivity index (χ4v) is 1.44. The lowest BCUT2D eigenvalue weighted by atomic mass is 10.2. The number of rotatable bonds is 6. The maximum Gasteiger partial charge on any atom is 0.412 e. The summed E-state index contributed by atoms with van der Waals surface area (Å²) in [6.45, 7) is 0.286. The second kappa shape index (κ2) is 8.23. The summed E-state index contributed by atoms with van der Waals surface area (Å²) in [5.74, 6) is -0.262. The number of carbonyl (C=O) groups is 1. The van der Waals surface area contributed by atoms with E-state index in [-0.39, 0.29) is 5.84 Å². The first-order valence-electron chi connectivity index (χ1n) is 6.45. The van der Waals surface area contributed by atoms with Gasteiger partial charge in [0.05, 0.1) is 6.42 Å². The maximum absolute atomic E-state index is 11.9. The molecule has 0 aromatic heterocycles. The molecule has 1 aromatic rings.